The Balaban J connectivity index is 1.54. The summed E-state index contributed by atoms with van der Waals surface area (Å²) >= 11 is 37.0. The van der Waals surface area contributed by atoms with E-state index in [1.165, 1.54) is 30.3 Å². The van der Waals surface area contributed by atoms with E-state index in [0.29, 0.717) is 11.6 Å². The lowest BCUT2D eigenvalue weighted by Crippen LogP contribution is -2.19. The van der Waals surface area contributed by atoms with E-state index >= 15 is 0 Å². The summed E-state index contributed by atoms with van der Waals surface area (Å²) in [6.45, 7) is 0. The Hall–Kier alpha value is -2.00. The maximum atomic E-state index is 14.1. The van der Waals surface area contributed by atoms with Crippen LogP contribution in [0.4, 0.5) is 25.8 Å². The molecule has 1 aliphatic carbocycles. The highest BCUT2D eigenvalue weighted by atomic mass is 35.5. The molecule has 0 spiro atoms. The van der Waals surface area contributed by atoms with E-state index in [0.717, 1.165) is 6.07 Å². The predicted octanol–water partition coefficient (Wildman–Crippen LogP) is 7.94. The summed E-state index contributed by atoms with van der Waals surface area (Å²) in [6, 6.07) is 8.55. The van der Waals surface area contributed by atoms with Crippen molar-refractivity contribution in [3.63, 3.8) is 0 Å². The van der Waals surface area contributed by atoms with Crippen LogP contribution >= 0.6 is 69.6 Å². The fourth-order valence-electron chi connectivity index (χ4n) is 3.73. The monoisotopic (exact) mass is 611 g/mol. The summed E-state index contributed by atoms with van der Waals surface area (Å²) in [4.78, 5) is 25.7. The van der Waals surface area contributed by atoms with Gasteiger partial charge in [0.05, 0.1) is 37.3 Å². The van der Waals surface area contributed by atoms with Crippen LogP contribution in [0.1, 0.15) is 21.8 Å². The predicted molar refractivity (Wildman–Crippen MR) is 141 cm³/mol. The fourth-order valence-corrected chi connectivity index (χ4v) is 5.37. The van der Waals surface area contributed by atoms with Crippen molar-refractivity contribution in [2.75, 3.05) is 16.4 Å². The topological polar surface area (TPSA) is 84.2 Å². The number of nitrogen functional groups attached to an aromatic ring is 1. The first-order valence-corrected chi connectivity index (χ1v) is 12.3. The minimum absolute atomic E-state index is 0.00497. The largest absolute Gasteiger partial charge is 0.397 e. The number of rotatable bonds is 5. The van der Waals surface area contributed by atoms with Gasteiger partial charge in [-0.2, -0.15) is 0 Å². The van der Waals surface area contributed by atoms with Crippen molar-refractivity contribution in [3.05, 3.63) is 85.3 Å². The number of halogens is 8. The summed E-state index contributed by atoms with van der Waals surface area (Å²) in [7, 11) is 0. The molecule has 13 heteroatoms. The Morgan fingerprint density at radius 1 is 0.889 bits per heavy atom. The summed E-state index contributed by atoms with van der Waals surface area (Å²) < 4.78 is 25.9. The third-order valence-electron chi connectivity index (χ3n) is 5.50. The molecule has 188 valence electrons. The zero-order valence-electron chi connectivity index (χ0n) is 17.6. The van der Waals surface area contributed by atoms with Gasteiger partial charge in [0.1, 0.15) is 15.8 Å². The van der Waals surface area contributed by atoms with Gasteiger partial charge in [0.25, 0.3) is 5.91 Å². The molecule has 3 aromatic carbocycles. The van der Waals surface area contributed by atoms with E-state index < -0.39 is 45.3 Å². The fraction of sp³-hybridized carbons (Fsp3) is 0.130. The molecule has 36 heavy (non-hydrogen) atoms. The molecule has 0 aromatic heterocycles. The molecule has 2 atom stereocenters. The van der Waals surface area contributed by atoms with Crippen molar-refractivity contribution in [2.24, 2.45) is 5.92 Å². The Morgan fingerprint density at radius 3 is 2.14 bits per heavy atom. The van der Waals surface area contributed by atoms with Crippen molar-refractivity contribution in [1.82, 2.24) is 0 Å². The first-order chi connectivity index (χ1) is 16.8. The van der Waals surface area contributed by atoms with Crippen LogP contribution in [0.3, 0.4) is 0 Å². The normalized spacial score (nSPS) is 18.0. The molecule has 0 radical (unpaired) electrons. The van der Waals surface area contributed by atoms with Crippen molar-refractivity contribution in [2.45, 2.75) is 10.3 Å². The number of hydrogen-bond donors (Lipinski definition) is 3. The molecule has 1 fully saturated rings. The van der Waals surface area contributed by atoms with Crippen LogP contribution in [-0.2, 0) is 4.79 Å². The third-order valence-corrected chi connectivity index (χ3v) is 7.97. The van der Waals surface area contributed by atoms with Crippen LogP contribution in [0.2, 0.25) is 20.1 Å². The van der Waals surface area contributed by atoms with Crippen LogP contribution in [0, 0.1) is 17.6 Å². The summed E-state index contributed by atoms with van der Waals surface area (Å²) in [6.07, 6.45) is 0. The van der Waals surface area contributed by atoms with E-state index in [-0.39, 0.29) is 37.0 Å². The Kier molecular flexibility index (Phi) is 7.55. The third kappa shape index (κ3) is 5.19. The van der Waals surface area contributed by atoms with Gasteiger partial charge in [-0.05, 0) is 42.0 Å². The molecule has 5 nitrogen and oxygen atoms in total. The number of anilines is 3. The maximum absolute atomic E-state index is 14.1. The average Bonchev–Trinajstić information content (AvgIpc) is 3.37. The first-order valence-electron chi connectivity index (χ1n) is 9.99. The van der Waals surface area contributed by atoms with Gasteiger partial charge in [0.15, 0.2) is 5.82 Å². The second-order valence-electron chi connectivity index (χ2n) is 7.92. The highest BCUT2D eigenvalue weighted by Crippen LogP contribution is 2.65. The smallest absolute Gasteiger partial charge is 0.257 e. The van der Waals surface area contributed by atoms with Gasteiger partial charge < -0.3 is 16.4 Å². The SMILES string of the molecule is Nc1cc(F)cc(F)c1NC(=O)c1cc(NC(=O)C2[C@H](c3cc(Cl)c(Cl)c(Cl)c3)C2(Cl)Cl)ccc1Cl. The Labute approximate surface area is 233 Å². The van der Waals surface area contributed by atoms with Crippen LogP contribution < -0.4 is 16.4 Å². The van der Waals surface area contributed by atoms with E-state index in [9.17, 15) is 18.4 Å². The number of carbonyl (C=O) groups excluding carboxylic acids is 2. The quantitative estimate of drug-likeness (QED) is 0.155. The van der Waals surface area contributed by atoms with Crippen LogP contribution in [0.25, 0.3) is 0 Å². The Bertz CT molecular complexity index is 1370. The molecule has 0 bridgehead atoms. The number of amides is 2. The lowest BCUT2D eigenvalue weighted by atomic mass is 10.1. The minimum Gasteiger partial charge on any atom is -0.397 e. The summed E-state index contributed by atoms with van der Waals surface area (Å²) in [5, 5.41) is 5.41. The molecule has 0 heterocycles. The van der Waals surface area contributed by atoms with Gasteiger partial charge >= 0.3 is 0 Å². The zero-order valence-corrected chi connectivity index (χ0v) is 22.1. The van der Waals surface area contributed by atoms with E-state index in [2.05, 4.69) is 10.6 Å². The standard InChI is InChI=1S/C23H13Cl6F2N3O2/c24-12-2-1-10(7-11(12)21(35)34-20-15(31)5-9(30)6-16(20)32)33-22(36)18-17(23(18,28)29)8-3-13(25)19(27)14(26)4-8/h1-7,17-18H,32H2,(H,33,36)(H,34,35)/t17-,18?/m0/s1. The van der Waals surface area contributed by atoms with E-state index in [1.54, 1.807) is 0 Å². The molecular formula is C23H13Cl6F2N3O2. The minimum atomic E-state index is -1.45. The highest BCUT2D eigenvalue weighted by molar-refractivity contribution is 6.54. The number of benzene rings is 3. The summed E-state index contributed by atoms with van der Waals surface area (Å²) in [5.41, 5.74) is 5.47. The molecule has 1 saturated carbocycles. The van der Waals surface area contributed by atoms with Gasteiger partial charge in [-0.1, -0.05) is 46.4 Å². The Morgan fingerprint density at radius 2 is 1.53 bits per heavy atom. The van der Waals surface area contributed by atoms with Gasteiger partial charge in [-0.25, -0.2) is 8.78 Å². The number of carbonyl (C=O) groups is 2. The second kappa shape index (κ2) is 10.0. The van der Waals surface area contributed by atoms with Crippen molar-refractivity contribution in [3.8, 4) is 0 Å². The molecule has 4 N–H and O–H groups in total. The molecule has 0 saturated heterocycles. The molecule has 3 aromatic rings. The molecular weight excluding hydrogens is 601 g/mol. The molecule has 1 aliphatic rings. The summed E-state index contributed by atoms with van der Waals surface area (Å²) in [5.74, 6) is -4.87. The van der Waals surface area contributed by atoms with Gasteiger partial charge in [-0.15, -0.1) is 23.2 Å². The lowest BCUT2D eigenvalue weighted by molar-refractivity contribution is -0.117. The van der Waals surface area contributed by atoms with Crippen LogP contribution in [0.15, 0.2) is 42.5 Å². The molecule has 4 rings (SSSR count). The van der Waals surface area contributed by atoms with Crippen LogP contribution in [0.5, 0.6) is 0 Å². The number of alkyl halides is 2. The van der Waals surface area contributed by atoms with Gasteiger partial charge in [0.2, 0.25) is 5.91 Å². The van der Waals surface area contributed by atoms with Crippen molar-refractivity contribution < 1.29 is 18.4 Å². The molecule has 1 unspecified atom stereocenters. The van der Waals surface area contributed by atoms with Crippen molar-refractivity contribution >= 4 is 98.5 Å². The molecule has 0 aliphatic heterocycles. The van der Waals surface area contributed by atoms with E-state index in [4.69, 9.17) is 75.3 Å². The van der Waals surface area contributed by atoms with Crippen molar-refractivity contribution in [1.29, 1.82) is 0 Å². The number of hydrogen-bond acceptors (Lipinski definition) is 3. The van der Waals surface area contributed by atoms with Crippen LogP contribution in [-0.4, -0.2) is 16.1 Å². The van der Waals surface area contributed by atoms with Gasteiger partial charge in [0, 0.05) is 17.7 Å². The first kappa shape index (κ1) is 27.0. The maximum Gasteiger partial charge on any atom is 0.257 e. The zero-order chi connectivity index (χ0) is 26.5. The lowest BCUT2D eigenvalue weighted by Gasteiger charge is -2.12. The number of nitrogens with two attached hydrogens (primary N) is 1. The molecule has 2 amide bonds. The highest BCUT2D eigenvalue weighted by Gasteiger charge is 2.67. The van der Waals surface area contributed by atoms with Gasteiger partial charge in [-0.3, -0.25) is 9.59 Å². The van der Waals surface area contributed by atoms with E-state index in [1.807, 2.05) is 0 Å². The second-order valence-corrected chi connectivity index (χ2v) is 11.0. The number of nitrogens with one attached hydrogen (secondary N) is 2. The average molecular weight is 614 g/mol.